The molecule has 0 spiro atoms. The summed E-state index contributed by atoms with van der Waals surface area (Å²) >= 11 is 0. The number of carbonyl (C=O) groups is 1. The largest absolute Gasteiger partial charge is 0.481 e. The van der Waals surface area contributed by atoms with Gasteiger partial charge in [0.15, 0.2) is 18.2 Å². The van der Waals surface area contributed by atoms with Gasteiger partial charge in [-0.2, -0.15) is 0 Å². The summed E-state index contributed by atoms with van der Waals surface area (Å²) in [4.78, 5) is 12.5. The standard InChI is InChI=1S/C14H21FN2O4S/c1-10(2)8-16-22(19,20)11-5-6-13(12(15)7-11)21-9-14(18)17(3)4/h5-7,10,16H,8-9H2,1-4H3. The van der Waals surface area contributed by atoms with Crippen molar-refractivity contribution in [3.8, 4) is 5.75 Å². The average Bonchev–Trinajstić information content (AvgIpc) is 2.43. The van der Waals surface area contributed by atoms with Gasteiger partial charge in [0.2, 0.25) is 10.0 Å². The molecule has 0 unspecified atom stereocenters. The van der Waals surface area contributed by atoms with Crippen molar-refractivity contribution in [3.05, 3.63) is 24.0 Å². The van der Waals surface area contributed by atoms with E-state index in [1.54, 1.807) is 14.1 Å². The molecule has 124 valence electrons. The SMILES string of the molecule is CC(C)CNS(=O)(=O)c1ccc(OCC(=O)N(C)C)c(F)c1. The molecule has 6 nitrogen and oxygen atoms in total. The number of hydrogen-bond donors (Lipinski definition) is 1. The normalized spacial score (nSPS) is 11.5. The molecule has 8 heteroatoms. The molecule has 1 aromatic carbocycles. The van der Waals surface area contributed by atoms with Crippen LogP contribution in [0.1, 0.15) is 13.8 Å². The van der Waals surface area contributed by atoms with Crippen LogP contribution < -0.4 is 9.46 Å². The molecule has 1 N–H and O–H groups in total. The number of amides is 1. The van der Waals surface area contributed by atoms with Crippen LogP contribution in [0.4, 0.5) is 4.39 Å². The van der Waals surface area contributed by atoms with Gasteiger partial charge in [0.05, 0.1) is 4.90 Å². The van der Waals surface area contributed by atoms with E-state index in [0.717, 1.165) is 6.07 Å². The molecule has 0 saturated carbocycles. The number of ether oxygens (including phenoxy) is 1. The van der Waals surface area contributed by atoms with E-state index in [0.29, 0.717) is 0 Å². The second-order valence-corrected chi connectivity index (χ2v) is 7.18. The van der Waals surface area contributed by atoms with Gasteiger partial charge in [-0.3, -0.25) is 4.79 Å². The van der Waals surface area contributed by atoms with Crippen LogP contribution in [0.2, 0.25) is 0 Å². The Labute approximate surface area is 130 Å². The van der Waals surface area contributed by atoms with E-state index in [4.69, 9.17) is 4.74 Å². The second-order valence-electron chi connectivity index (χ2n) is 5.41. The van der Waals surface area contributed by atoms with Crippen molar-refractivity contribution in [1.29, 1.82) is 0 Å². The Balaban J connectivity index is 2.83. The fraction of sp³-hybridized carbons (Fsp3) is 0.500. The van der Waals surface area contributed by atoms with E-state index in [1.165, 1.54) is 17.0 Å². The zero-order valence-corrected chi connectivity index (χ0v) is 13.9. The monoisotopic (exact) mass is 332 g/mol. The van der Waals surface area contributed by atoms with Crippen LogP contribution in [-0.4, -0.2) is 46.5 Å². The molecule has 0 bridgehead atoms. The number of nitrogens with one attached hydrogen (secondary N) is 1. The van der Waals surface area contributed by atoms with E-state index in [-0.39, 0.29) is 35.6 Å². The summed E-state index contributed by atoms with van der Waals surface area (Å²) < 4.78 is 45.3. The Hall–Kier alpha value is -1.67. The number of hydrogen-bond acceptors (Lipinski definition) is 4. The quantitative estimate of drug-likeness (QED) is 0.815. The summed E-state index contributed by atoms with van der Waals surface area (Å²) in [6, 6.07) is 3.31. The van der Waals surface area contributed by atoms with E-state index < -0.39 is 15.8 Å². The molecule has 0 saturated heterocycles. The molecule has 22 heavy (non-hydrogen) atoms. The predicted octanol–water partition coefficient (Wildman–Crippen LogP) is 1.23. The summed E-state index contributed by atoms with van der Waals surface area (Å²) in [6.45, 7) is 3.67. The summed E-state index contributed by atoms with van der Waals surface area (Å²) in [5.74, 6) is -1.19. The van der Waals surface area contributed by atoms with E-state index in [1.807, 2.05) is 13.8 Å². The lowest BCUT2D eigenvalue weighted by Crippen LogP contribution is -2.28. The van der Waals surface area contributed by atoms with Crippen molar-refractivity contribution in [2.45, 2.75) is 18.7 Å². The maximum Gasteiger partial charge on any atom is 0.259 e. The molecule has 0 aliphatic heterocycles. The van der Waals surface area contributed by atoms with Gasteiger partial charge in [0, 0.05) is 20.6 Å². The van der Waals surface area contributed by atoms with E-state index in [2.05, 4.69) is 4.72 Å². The van der Waals surface area contributed by atoms with Gasteiger partial charge < -0.3 is 9.64 Å². The number of likely N-dealkylation sites (N-methyl/N-ethyl adjacent to an activating group) is 1. The van der Waals surface area contributed by atoms with Gasteiger partial charge in [0.25, 0.3) is 5.91 Å². The summed E-state index contributed by atoms with van der Waals surface area (Å²) in [7, 11) is -0.653. The molecule has 0 aliphatic carbocycles. The third-order valence-corrected chi connectivity index (χ3v) is 4.17. The Morgan fingerprint density at radius 3 is 2.50 bits per heavy atom. The van der Waals surface area contributed by atoms with Gasteiger partial charge in [-0.15, -0.1) is 0 Å². The summed E-state index contributed by atoms with van der Waals surface area (Å²) in [5.41, 5.74) is 0. The summed E-state index contributed by atoms with van der Waals surface area (Å²) in [6.07, 6.45) is 0. The van der Waals surface area contributed by atoms with E-state index in [9.17, 15) is 17.6 Å². The van der Waals surface area contributed by atoms with Crippen molar-refractivity contribution in [3.63, 3.8) is 0 Å². The third-order valence-electron chi connectivity index (χ3n) is 2.75. The molecule has 0 heterocycles. The smallest absolute Gasteiger partial charge is 0.259 e. The first-order valence-corrected chi connectivity index (χ1v) is 8.24. The minimum Gasteiger partial charge on any atom is -0.481 e. The van der Waals surface area contributed by atoms with Crippen LogP contribution in [0.25, 0.3) is 0 Å². The highest BCUT2D eigenvalue weighted by Crippen LogP contribution is 2.21. The van der Waals surface area contributed by atoms with Crippen molar-refractivity contribution in [2.75, 3.05) is 27.2 Å². The lowest BCUT2D eigenvalue weighted by molar-refractivity contribution is -0.130. The van der Waals surface area contributed by atoms with Gasteiger partial charge in [-0.25, -0.2) is 17.5 Å². The minimum atomic E-state index is -3.76. The van der Waals surface area contributed by atoms with Gasteiger partial charge in [0.1, 0.15) is 0 Å². The lowest BCUT2D eigenvalue weighted by atomic mass is 10.2. The van der Waals surface area contributed by atoms with E-state index >= 15 is 0 Å². The fourth-order valence-corrected chi connectivity index (χ4v) is 2.62. The molecule has 0 fully saturated rings. The highest BCUT2D eigenvalue weighted by molar-refractivity contribution is 7.89. The average molecular weight is 332 g/mol. The lowest BCUT2D eigenvalue weighted by Gasteiger charge is -2.13. The number of nitrogens with zero attached hydrogens (tertiary/aromatic N) is 1. The van der Waals surface area contributed by atoms with Crippen LogP contribution in [0.15, 0.2) is 23.1 Å². The van der Waals surface area contributed by atoms with Crippen LogP contribution in [-0.2, 0) is 14.8 Å². The second kappa shape index (κ2) is 7.55. The number of sulfonamides is 1. The molecule has 0 aromatic heterocycles. The zero-order valence-electron chi connectivity index (χ0n) is 13.1. The minimum absolute atomic E-state index is 0.138. The van der Waals surface area contributed by atoms with Crippen LogP contribution in [0.5, 0.6) is 5.75 Å². The molecule has 0 radical (unpaired) electrons. The zero-order chi connectivity index (χ0) is 16.9. The molecule has 1 rings (SSSR count). The van der Waals surface area contributed by atoms with Crippen molar-refractivity contribution in [1.82, 2.24) is 9.62 Å². The number of carbonyl (C=O) groups excluding carboxylic acids is 1. The molecule has 1 amide bonds. The molecule has 0 atom stereocenters. The predicted molar refractivity (Wildman–Crippen MR) is 80.6 cm³/mol. The van der Waals surface area contributed by atoms with Crippen molar-refractivity contribution >= 4 is 15.9 Å². The number of benzene rings is 1. The Kier molecular flexibility index (Phi) is 6.31. The molecular weight excluding hydrogens is 311 g/mol. The Bertz CT molecular complexity index is 630. The van der Waals surface area contributed by atoms with Gasteiger partial charge in [-0.05, 0) is 24.1 Å². The molecule has 1 aromatic rings. The first-order chi connectivity index (χ1) is 10.1. The first-order valence-electron chi connectivity index (χ1n) is 6.75. The maximum absolute atomic E-state index is 13.9. The van der Waals surface area contributed by atoms with Crippen molar-refractivity contribution in [2.24, 2.45) is 5.92 Å². The molecule has 0 aliphatic rings. The van der Waals surface area contributed by atoms with Crippen LogP contribution in [0, 0.1) is 11.7 Å². The highest BCUT2D eigenvalue weighted by Gasteiger charge is 2.17. The number of rotatable bonds is 7. The van der Waals surface area contributed by atoms with Gasteiger partial charge >= 0.3 is 0 Å². The third kappa shape index (κ3) is 5.27. The van der Waals surface area contributed by atoms with Crippen molar-refractivity contribution < 1.29 is 22.3 Å². The van der Waals surface area contributed by atoms with Crippen LogP contribution >= 0.6 is 0 Å². The maximum atomic E-state index is 13.9. The van der Waals surface area contributed by atoms with Crippen LogP contribution in [0.3, 0.4) is 0 Å². The first kappa shape index (κ1) is 18.4. The Morgan fingerprint density at radius 1 is 1.36 bits per heavy atom. The molecular formula is C14H21FN2O4S. The summed E-state index contributed by atoms with van der Waals surface area (Å²) in [5, 5.41) is 0. The Morgan fingerprint density at radius 2 is 2.00 bits per heavy atom. The van der Waals surface area contributed by atoms with Gasteiger partial charge in [-0.1, -0.05) is 13.8 Å². The fourth-order valence-electron chi connectivity index (χ4n) is 1.39. The number of halogens is 1. The topological polar surface area (TPSA) is 75.7 Å². The highest BCUT2D eigenvalue weighted by atomic mass is 32.2.